The van der Waals surface area contributed by atoms with E-state index in [4.69, 9.17) is 9.68 Å². The number of hydrogen-bond donors (Lipinski definition) is 0. The van der Waals surface area contributed by atoms with Gasteiger partial charge in [0.25, 0.3) is 0 Å². The van der Waals surface area contributed by atoms with Gasteiger partial charge in [0.1, 0.15) is 5.36 Å². The minimum absolute atomic E-state index is 0.731. The molecule has 2 heterocycles. The van der Waals surface area contributed by atoms with Crippen molar-refractivity contribution >= 4 is 12.3 Å². The average molecular weight is 236 g/mol. The van der Waals surface area contributed by atoms with Crippen molar-refractivity contribution in [2.24, 2.45) is 10.3 Å². The Morgan fingerprint density at radius 3 is 2.89 bits per heavy atom. The van der Waals surface area contributed by atoms with Crippen LogP contribution in [-0.4, -0.2) is 6.21 Å². The highest BCUT2D eigenvalue weighted by Gasteiger charge is 2.20. The fourth-order valence-electron chi connectivity index (χ4n) is 2.20. The van der Waals surface area contributed by atoms with E-state index in [-0.39, 0.29) is 0 Å². The molecule has 0 fully saturated rings. The molecular weight excluding hydrogens is 228 g/mol. The summed E-state index contributed by atoms with van der Waals surface area (Å²) in [5.74, 6) is 1.46. The molecule has 0 aromatic heterocycles. The Labute approximate surface area is 102 Å². The molecule has 0 atom stereocenters. The van der Waals surface area contributed by atoms with Crippen molar-refractivity contribution in [3.63, 3.8) is 0 Å². The SMILES string of the molecule is C1=NOc2c3c(ccc2=C1)=NOc1ccccc1-3. The molecule has 2 aromatic carbocycles. The van der Waals surface area contributed by atoms with Gasteiger partial charge < -0.3 is 9.68 Å². The molecule has 4 heteroatoms. The molecule has 2 aromatic rings. The third-order valence-corrected chi connectivity index (χ3v) is 3.02. The predicted octanol–water partition coefficient (Wildman–Crippen LogP) is 1.44. The summed E-state index contributed by atoms with van der Waals surface area (Å²) in [6.07, 6.45) is 3.55. The number of hydrogen-bond acceptors (Lipinski definition) is 4. The summed E-state index contributed by atoms with van der Waals surface area (Å²) in [5, 5.41) is 9.69. The first kappa shape index (κ1) is 9.41. The van der Waals surface area contributed by atoms with E-state index in [0.29, 0.717) is 0 Å². The summed E-state index contributed by atoms with van der Waals surface area (Å²) >= 11 is 0. The number of benzene rings is 2. The first-order chi connectivity index (χ1) is 8.93. The highest BCUT2D eigenvalue weighted by atomic mass is 16.6. The molecule has 2 aliphatic heterocycles. The second-order valence-corrected chi connectivity index (χ2v) is 4.07. The maximum absolute atomic E-state index is 5.40. The monoisotopic (exact) mass is 236 g/mol. The van der Waals surface area contributed by atoms with Gasteiger partial charge in [0.05, 0.1) is 11.8 Å². The Kier molecular flexibility index (Phi) is 1.80. The third-order valence-electron chi connectivity index (χ3n) is 3.02. The van der Waals surface area contributed by atoms with Crippen LogP contribution in [0, 0.1) is 0 Å². The fourth-order valence-corrected chi connectivity index (χ4v) is 2.20. The topological polar surface area (TPSA) is 43.2 Å². The van der Waals surface area contributed by atoms with Crippen LogP contribution >= 0.6 is 0 Å². The van der Waals surface area contributed by atoms with Gasteiger partial charge in [-0.2, -0.15) is 0 Å². The third kappa shape index (κ3) is 1.20. The van der Waals surface area contributed by atoms with Gasteiger partial charge in [-0.15, -0.1) is 0 Å². The number of nitrogens with zero attached hydrogens (tertiary/aromatic N) is 2. The highest BCUT2D eigenvalue weighted by molar-refractivity contribution is 5.93. The lowest BCUT2D eigenvalue weighted by molar-refractivity contribution is 0.315. The molecule has 2 aliphatic rings. The van der Waals surface area contributed by atoms with E-state index >= 15 is 0 Å². The summed E-state index contributed by atoms with van der Waals surface area (Å²) in [7, 11) is 0. The Hall–Kier alpha value is -2.62. The maximum Gasteiger partial charge on any atom is 0.175 e. The second-order valence-electron chi connectivity index (χ2n) is 4.07. The van der Waals surface area contributed by atoms with Gasteiger partial charge in [-0.3, -0.25) is 0 Å². The van der Waals surface area contributed by atoms with Gasteiger partial charge >= 0.3 is 0 Å². The van der Waals surface area contributed by atoms with Crippen LogP contribution in [0.25, 0.3) is 17.2 Å². The quantitative estimate of drug-likeness (QED) is 0.694. The predicted molar refractivity (Wildman–Crippen MR) is 66.9 cm³/mol. The average Bonchev–Trinajstić information content (AvgIpc) is 2.46. The van der Waals surface area contributed by atoms with Crippen LogP contribution in [0.15, 0.2) is 46.7 Å². The fraction of sp³-hybridized carbons (Fsp3) is 0. The number of fused-ring (bicyclic) bond motifs is 5. The zero-order chi connectivity index (χ0) is 11.9. The number of rotatable bonds is 0. The molecule has 0 saturated carbocycles. The second kappa shape index (κ2) is 3.43. The molecule has 4 nitrogen and oxygen atoms in total. The smallest absolute Gasteiger partial charge is 0.175 e. The van der Waals surface area contributed by atoms with Crippen LogP contribution in [-0.2, 0) is 0 Å². The van der Waals surface area contributed by atoms with Crippen molar-refractivity contribution < 1.29 is 9.68 Å². The van der Waals surface area contributed by atoms with Crippen LogP contribution in [0.1, 0.15) is 0 Å². The molecule has 0 saturated heterocycles. The molecular formula is C14H8N2O2. The maximum atomic E-state index is 5.40. The molecule has 0 spiro atoms. The van der Waals surface area contributed by atoms with Crippen LogP contribution in [0.4, 0.5) is 0 Å². The van der Waals surface area contributed by atoms with Crippen molar-refractivity contribution in [3.8, 4) is 22.6 Å². The highest BCUT2D eigenvalue weighted by Crippen LogP contribution is 2.34. The molecule has 0 amide bonds. The van der Waals surface area contributed by atoms with Gasteiger partial charge in [-0.05, 0) is 24.3 Å². The molecule has 0 aliphatic carbocycles. The number of oxime groups is 1. The summed E-state index contributed by atoms with van der Waals surface area (Å²) in [6, 6.07) is 11.6. The van der Waals surface area contributed by atoms with Crippen LogP contribution in [0.5, 0.6) is 11.5 Å². The molecule has 0 radical (unpaired) electrons. The standard InChI is InChI=1S/C14H8N2O2/c1-2-4-12-10(3-1)13-11(16-17-12)6-5-9-7-8-15-18-14(9)13/h1-8H. The van der Waals surface area contributed by atoms with Gasteiger partial charge in [-0.25, -0.2) is 0 Å². The normalized spacial score (nSPS) is 14.0. The van der Waals surface area contributed by atoms with Crippen LogP contribution in [0.3, 0.4) is 0 Å². The van der Waals surface area contributed by atoms with Crippen LogP contribution in [0.2, 0.25) is 0 Å². The van der Waals surface area contributed by atoms with Gasteiger partial charge in [0, 0.05) is 10.8 Å². The summed E-state index contributed by atoms with van der Waals surface area (Å²) in [6.45, 7) is 0. The van der Waals surface area contributed by atoms with E-state index < -0.39 is 0 Å². The van der Waals surface area contributed by atoms with E-state index in [9.17, 15) is 0 Å². The largest absolute Gasteiger partial charge is 0.356 e. The molecule has 18 heavy (non-hydrogen) atoms. The lowest BCUT2D eigenvalue weighted by Gasteiger charge is -2.16. The van der Waals surface area contributed by atoms with E-state index in [1.165, 1.54) is 0 Å². The van der Waals surface area contributed by atoms with Crippen molar-refractivity contribution in [3.05, 3.63) is 47.0 Å². The van der Waals surface area contributed by atoms with Gasteiger partial charge in [0.2, 0.25) is 0 Å². The summed E-state index contributed by atoms with van der Waals surface area (Å²) in [4.78, 5) is 10.8. The lowest BCUT2D eigenvalue weighted by atomic mass is 10.0. The first-order valence-electron chi connectivity index (χ1n) is 5.62. The van der Waals surface area contributed by atoms with E-state index in [1.54, 1.807) is 6.21 Å². The van der Waals surface area contributed by atoms with Gasteiger partial charge in [0.15, 0.2) is 11.5 Å². The van der Waals surface area contributed by atoms with Crippen molar-refractivity contribution in [2.75, 3.05) is 0 Å². The van der Waals surface area contributed by atoms with Crippen LogP contribution < -0.4 is 20.3 Å². The minimum Gasteiger partial charge on any atom is -0.356 e. The summed E-state index contributed by atoms with van der Waals surface area (Å²) < 4.78 is 0. The Morgan fingerprint density at radius 2 is 1.89 bits per heavy atom. The Morgan fingerprint density at radius 1 is 0.944 bits per heavy atom. The van der Waals surface area contributed by atoms with Crippen molar-refractivity contribution in [1.29, 1.82) is 0 Å². The summed E-state index contributed by atoms with van der Waals surface area (Å²) in [5.41, 5.74) is 1.91. The Balaban J connectivity index is 2.15. The zero-order valence-corrected chi connectivity index (χ0v) is 9.33. The van der Waals surface area contributed by atoms with Gasteiger partial charge in [-0.1, -0.05) is 28.5 Å². The molecule has 0 N–H and O–H groups in total. The van der Waals surface area contributed by atoms with E-state index in [1.807, 2.05) is 42.5 Å². The zero-order valence-electron chi connectivity index (χ0n) is 9.33. The number of para-hydroxylation sites is 1. The van der Waals surface area contributed by atoms with E-state index in [2.05, 4.69) is 10.3 Å². The lowest BCUT2D eigenvalue weighted by Crippen LogP contribution is -2.21. The molecule has 0 bridgehead atoms. The molecule has 4 rings (SSSR count). The molecule has 86 valence electrons. The van der Waals surface area contributed by atoms with E-state index in [0.717, 1.165) is 33.2 Å². The van der Waals surface area contributed by atoms with Crippen molar-refractivity contribution in [2.45, 2.75) is 0 Å². The first-order valence-corrected chi connectivity index (χ1v) is 5.62. The minimum atomic E-state index is 0.731. The molecule has 0 unspecified atom stereocenters. The van der Waals surface area contributed by atoms with Crippen molar-refractivity contribution in [1.82, 2.24) is 0 Å². The Bertz CT molecular complexity index is 794.